The zero-order valence-electron chi connectivity index (χ0n) is 21.5. The lowest BCUT2D eigenvalue weighted by Gasteiger charge is -2.31. The largest absolute Gasteiger partial charge is 0.493 e. The Labute approximate surface area is 218 Å². The second kappa shape index (κ2) is 11.1. The van der Waals surface area contributed by atoms with Crippen LogP contribution in [0, 0.1) is 5.92 Å². The lowest BCUT2D eigenvalue weighted by molar-refractivity contribution is -0.124. The fraction of sp³-hybridized carbons (Fsp3) is 0.640. The van der Waals surface area contributed by atoms with Gasteiger partial charge in [-0.3, -0.25) is 14.7 Å². The number of carbonyl (C=O) groups excluding carboxylic acids is 1. The molecule has 202 valence electrons. The van der Waals surface area contributed by atoms with Crippen molar-refractivity contribution < 1.29 is 22.7 Å². The smallest absolute Gasteiger partial charge is 0.252 e. The molecule has 2 fully saturated rings. The third-order valence-corrected chi connectivity index (χ3v) is 8.83. The second-order valence-electron chi connectivity index (χ2n) is 9.88. The molecule has 0 spiro atoms. The highest BCUT2D eigenvalue weighted by molar-refractivity contribution is 7.89. The van der Waals surface area contributed by atoms with Crippen LogP contribution in [0.3, 0.4) is 0 Å². The lowest BCUT2D eigenvalue weighted by atomic mass is 10.1. The number of nitrogens with one attached hydrogen (secondary N) is 2. The minimum Gasteiger partial charge on any atom is -0.493 e. The SMILES string of the molecule is CCOc1ccc(S(=O)(=O)NCCN2CCOCC2)cc1C1=NN2C(C3CCCC3)=NC(C)C2C(=O)N1. The number of hydrogen-bond acceptors (Lipinski definition) is 9. The number of rotatable bonds is 9. The van der Waals surface area contributed by atoms with E-state index in [0.717, 1.165) is 44.6 Å². The number of hydrazone groups is 1. The number of morpholine rings is 1. The predicted molar refractivity (Wildman–Crippen MR) is 139 cm³/mol. The number of fused-ring (bicyclic) bond motifs is 1. The topological polar surface area (TPSA) is 125 Å². The van der Waals surface area contributed by atoms with Gasteiger partial charge < -0.3 is 14.8 Å². The Bertz CT molecular complexity index is 1170. The predicted octanol–water partition coefficient (Wildman–Crippen LogP) is 1.15. The average molecular weight is 533 g/mol. The van der Waals surface area contributed by atoms with Crippen LogP contribution in [0.25, 0.3) is 0 Å². The fourth-order valence-corrected chi connectivity index (χ4v) is 6.49. The Hall–Kier alpha value is -2.54. The van der Waals surface area contributed by atoms with Crippen LogP contribution >= 0.6 is 0 Å². The van der Waals surface area contributed by atoms with Crippen LogP contribution in [0.1, 0.15) is 45.1 Å². The first-order valence-electron chi connectivity index (χ1n) is 13.2. The molecule has 11 nitrogen and oxygen atoms in total. The molecule has 0 radical (unpaired) electrons. The monoisotopic (exact) mass is 532 g/mol. The molecule has 1 saturated heterocycles. The summed E-state index contributed by atoms with van der Waals surface area (Å²) in [6.07, 6.45) is 4.36. The number of hydrogen-bond donors (Lipinski definition) is 2. The molecule has 37 heavy (non-hydrogen) atoms. The maximum absolute atomic E-state index is 13.2. The van der Waals surface area contributed by atoms with E-state index in [9.17, 15) is 13.2 Å². The standard InChI is InChI=1S/C25H36N6O5S/c1-3-36-21-9-8-19(37(33,34)26-10-11-30-12-14-35-15-13-30)16-20(21)23-28-25(32)22-17(2)27-24(31(22)29-23)18-6-4-5-7-18/h8-9,16-18,22,26H,3-7,10-15H2,1-2H3,(H,28,29,32). The van der Waals surface area contributed by atoms with Crippen molar-refractivity contribution in [1.82, 2.24) is 19.9 Å². The van der Waals surface area contributed by atoms with Gasteiger partial charge in [0.1, 0.15) is 11.6 Å². The van der Waals surface area contributed by atoms with E-state index in [1.54, 1.807) is 11.1 Å². The molecule has 3 aliphatic heterocycles. The van der Waals surface area contributed by atoms with Gasteiger partial charge in [-0.1, -0.05) is 12.8 Å². The lowest BCUT2D eigenvalue weighted by Crippen LogP contribution is -2.55. The van der Waals surface area contributed by atoms with E-state index in [0.29, 0.717) is 37.7 Å². The number of aliphatic imine (C=N–C) groups is 1. The van der Waals surface area contributed by atoms with Gasteiger partial charge in [0.25, 0.3) is 5.91 Å². The highest BCUT2D eigenvalue weighted by Gasteiger charge is 2.45. The molecule has 1 amide bonds. The van der Waals surface area contributed by atoms with Gasteiger partial charge in [-0.2, -0.15) is 5.10 Å². The van der Waals surface area contributed by atoms with E-state index in [1.165, 1.54) is 12.1 Å². The molecular formula is C25H36N6O5S. The molecule has 1 aromatic rings. The summed E-state index contributed by atoms with van der Waals surface area (Å²) < 4.78 is 40.1. The molecule has 2 atom stereocenters. The number of sulfonamides is 1. The van der Waals surface area contributed by atoms with Crippen LogP contribution in [0.15, 0.2) is 33.2 Å². The summed E-state index contributed by atoms with van der Waals surface area (Å²) >= 11 is 0. The number of benzene rings is 1. The normalized spacial score (nSPS) is 25.0. The van der Waals surface area contributed by atoms with Crippen LogP contribution in [-0.4, -0.2) is 94.0 Å². The van der Waals surface area contributed by atoms with Crippen LogP contribution in [0.5, 0.6) is 5.75 Å². The first-order chi connectivity index (χ1) is 17.9. The quantitative estimate of drug-likeness (QED) is 0.489. The zero-order valence-corrected chi connectivity index (χ0v) is 22.3. The van der Waals surface area contributed by atoms with E-state index in [2.05, 4.69) is 14.9 Å². The van der Waals surface area contributed by atoms with Gasteiger partial charge in [-0.25, -0.2) is 18.1 Å². The highest BCUT2D eigenvalue weighted by Crippen LogP contribution is 2.34. The van der Waals surface area contributed by atoms with E-state index in [1.807, 2.05) is 13.8 Å². The maximum Gasteiger partial charge on any atom is 0.252 e. The van der Waals surface area contributed by atoms with E-state index in [-0.39, 0.29) is 35.1 Å². The van der Waals surface area contributed by atoms with Crippen molar-refractivity contribution in [1.29, 1.82) is 0 Å². The van der Waals surface area contributed by atoms with E-state index >= 15 is 0 Å². The van der Waals surface area contributed by atoms with Crippen molar-refractivity contribution in [2.75, 3.05) is 46.0 Å². The van der Waals surface area contributed by atoms with Crippen molar-refractivity contribution in [2.45, 2.75) is 56.5 Å². The van der Waals surface area contributed by atoms with Gasteiger partial charge in [-0.15, -0.1) is 0 Å². The van der Waals surface area contributed by atoms with E-state index < -0.39 is 16.1 Å². The molecule has 1 aliphatic carbocycles. The Morgan fingerprint density at radius 3 is 2.70 bits per heavy atom. The van der Waals surface area contributed by atoms with Gasteiger partial charge >= 0.3 is 0 Å². The van der Waals surface area contributed by atoms with Crippen molar-refractivity contribution in [3.63, 3.8) is 0 Å². The first kappa shape index (κ1) is 26.1. The van der Waals surface area contributed by atoms with Crippen LogP contribution in [-0.2, 0) is 19.6 Å². The summed E-state index contributed by atoms with van der Waals surface area (Å²) in [5, 5.41) is 9.45. The van der Waals surface area contributed by atoms with Crippen LogP contribution in [0.4, 0.5) is 0 Å². The Morgan fingerprint density at radius 1 is 1.22 bits per heavy atom. The number of ether oxygens (including phenoxy) is 2. The highest BCUT2D eigenvalue weighted by atomic mass is 32.2. The summed E-state index contributed by atoms with van der Waals surface area (Å²) in [6, 6.07) is 3.96. The number of amides is 1. The van der Waals surface area contributed by atoms with Crippen molar-refractivity contribution in [3.05, 3.63) is 23.8 Å². The van der Waals surface area contributed by atoms with Gasteiger partial charge in [0, 0.05) is 32.1 Å². The number of amidine groups is 2. The summed E-state index contributed by atoms with van der Waals surface area (Å²) in [7, 11) is -3.79. The molecule has 2 N–H and O–H groups in total. The fourth-order valence-electron chi connectivity index (χ4n) is 5.44. The zero-order chi connectivity index (χ0) is 26.0. The number of carbonyl (C=O) groups is 1. The second-order valence-corrected chi connectivity index (χ2v) is 11.6. The maximum atomic E-state index is 13.2. The van der Waals surface area contributed by atoms with Crippen molar-refractivity contribution >= 4 is 27.6 Å². The van der Waals surface area contributed by atoms with Gasteiger partial charge in [0.05, 0.1) is 36.3 Å². The molecule has 1 aromatic carbocycles. The third-order valence-electron chi connectivity index (χ3n) is 7.37. The summed E-state index contributed by atoms with van der Waals surface area (Å²) in [6.45, 7) is 7.96. The van der Waals surface area contributed by atoms with Gasteiger partial charge in [0.2, 0.25) is 10.0 Å². The van der Waals surface area contributed by atoms with Gasteiger partial charge in [0.15, 0.2) is 11.9 Å². The molecule has 4 aliphatic rings. The van der Waals surface area contributed by atoms with E-state index in [4.69, 9.17) is 19.6 Å². The molecule has 12 heteroatoms. The Morgan fingerprint density at radius 2 is 1.97 bits per heavy atom. The van der Waals surface area contributed by atoms with Crippen molar-refractivity contribution in [2.24, 2.45) is 16.0 Å². The Balaban J connectivity index is 1.41. The summed E-state index contributed by atoms with van der Waals surface area (Å²) in [4.78, 5) is 20.2. The third kappa shape index (κ3) is 5.52. The molecule has 1 saturated carbocycles. The number of nitrogens with zero attached hydrogens (tertiary/aromatic N) is 4. The van der Waals surface area contributed by atoms with Crippen LogP contribution < -0.4 is 14.8 Å². The average Bonchev–Trinajstić information content (AvgIpc) is 3.53. The molecule has 5 rings (SSSR count). The summed E-state index contributed by atoms with van der Waals surface area (Å²) in [5.41, 5.74) is 0.426. The molecule has 2 unspecified atom stereocenters. The minimum absolute atomic E-state index is 0.0893. The first-order valence-corrected chi connectivity index (χ1v) is 14.7. The van der Waals surface area contributed by atoms with Gasteiger partial charge in [-0.05, 0) is 44.9 Å². The minimum atomic E-state index is -3.79. The van der Waals surface area contributed by atoms with Crippen molar-refractivity contribution in [3.8, 4) is 5.75 Å². The van der Waals surface area contributed by atoms with Crippen LogP contribution in [0.2, 0.25) is 0 Å². The molecule has 0 bridgehead atoms. The Kier molecular flexibility index (Phi) is 7.80. The molecule has 3 heterocycles. The molecule has 0 aromatic heterocycles. The summed E-state index contributed by atoms with van der Waals surface area (Å²) in [5.74, 6) is 1.67. The molecular weight excluding hydrogens is 496 g/mol.